The van der Waals surface area contributed by atoms with Gasteiger partial charge < -0.3 is 14.7 Å². The molecule has 0 aliphatic carbocycles. The lowest BCUT2D eigenvalue weighted by Gasteiger charge is -2.33. The van der Waals surface area contributed by atoms with Crippen LogP contribution in [0.3, 0.4) is 0 Å². The van der Waals surface area contributed by atoms with Gasteiger partial charge in [0.05, 0.1) is 11.3 Å². The molecule has 1 aromatic heterocycles. The summed E-state index contributed by atoms with van der Waals surface area (Å²) in [7, 11) is 0. The first-order valence-electron chi connectivity index (χ1n) is 11.5. The fourth-order valence-corrected chi connectivity index (χ4v) is 4.18. The lowest BCUT2D eigenvalue weighted by atomic mass is 10.1. The molecular formula is C25H32F2N4O2. The van der Waals surface area contributed by atoms with Gasteiger partial charge in [0.1, 0.15) is 0 Å². The topological polar surface area (TPSA) is 56.8 Å². The van der Waals surface area contributed by atoms with Crippen LogP contribution in [0.4, 0.5) is 14.5 Å². The number of carbonyl (C=O) groups excluding carboxylic acids is 2. The number of rotatable bonds is 3. The van der Waals surface area contributed by atoms with Gasteiger partial charge in [-0.1, -0.05) is 6.92 Å². The minimum Gasteiger partial charge on any atom is -0.334 e. The molecule has 0 bridgehead atoms. The van der Waals surface area contributed by atoms with Gasteiger partial charge in [-0.2, -0.15) is 0 Å². The molecule has 2 aromatic rings. The number of carbonyl (C=O) groups is 2. The van der Waals surface area contributed by atoms with Crippen LogP contribution >= 0.6 is 0 Å². The highest BCUT2D eigenvalue weighted by Gasteiger charge is 2.25. The van der Waals surface area contributed by atoms with Gasteiger partial charge in [0, 0.05) is 63.6 Å². The average molecular weight is 459 g/mol. The van der Waals surface area contributed by atoms with Gasteiger partial charge in [-0.15, -0.1) is 0 Å². The Kier molecular flexibility index (Phi) is 8.49. The second-order valence-corrected chi connectivity index (χ2v) is 8.60. The molecule has 6 nitrogen and oxygen atoms in total. The van der Waals surface area contributed by atoms with E-state index in [0.29, 0.717) is 42.4 Å². The van der Waals surface area contributed by atoms with E-state index >= 15 is 0 Å². The molecule has 0 N–H and O–H groups in total. The number of benzene rings is 1. The second kappa shape index (κ2) is 11.3. The normalized spacial score (nSPS) is 16.2. The van der Waals surface area contributed by atoms with E-state index in [1.165, 1.54) is 11.1 Å². The molecule has 178 valence electrons. The van der Waals surface area contributed by atoms with Crippen molar-refractivity contribution in [2.45, 2.75) is 52.6 Å². The monoisotopic (exact) mass is 458 g/mol. The third-order valence-corrected chi connectivity index (χ3v) is 6.00. The molecule has 1 aliphatic heterocycles. The molecule has 2 amide bonds. The quantitative estimate of drug-likeness (QED) is 0.690. The molecule has 0 fully saturated rings. The van der Waals surface area contributed by atoms with Crippen LogP contribution in [0.1, 0.15) is 56.0 Å². The lowest BCUT2D eigenvalue weighted by Crippen LogP contribution is -2.40. The molecule has 0 unspecified atom stereocenters. The third kappa shape index (κ3) is 6.13. The van der Waals surface area contributed by atoms with Gasteiger partial charge in [-0.25, -0.2) is 8.78 Å². The van der Waals surface area contributed by atoms with E-state index in [4.69, 9.17) is 0 Å². The van der Waals surface area contributed by atoms with E-state index in [2.05, 4.69) is 23.7 Å². The summed E-state index contributed by atoms with van der Waals surface area (Å²) in [5.74, 6) is -2.41. The minimum absolute atomic E-state index is 0.0649. The van der Waals surface area contributed by atoms with Crippen molar-refractivity contribution in [1.29, 1.82) is 0 Å². The van der Waals surface area contributed by atoms with E-state index in [1.54, 1.807) is 30.2 Å². The number of halogens is 2. The summed E-state index contributed by atoms with van der Waals surface area (Å²) in [5, 5.41) is 0. The van der Waals surface area contributed by atoms with Crippen molar-refractivity contribution in [3.63, 3.8) is 0 Å². The van der Waals surface area contributed by atoms with E-state index < -0.39 is 11.6 Å². The first-order chi connectivity index (χ1) is 15.8. The molecule has 0 radical (unpaired) electrons. The molecule has 3 rings (SSSR count). The van der Waals surface area contributed by atoms with E-state index in [-0.39, 0.29) is 24.8 Å². The maximum atomic E-state index is 14.3. The van der Waals surface area contributed by atoms with Crippen molar-refractivity contribution in [2.75, 3.05) is 31.1 Å². The molecule has 2 heterocycles. The van der Waals surface area contributed by atoms with Gasteiger partial charge >= 0.3 is 0 Å². The van der Waals surface area contributed by atoms with Crippen LogP contribution < -0.4 is 4.90 Å². The summed E-state index contributed by atoms with van der Waals surface area (Å²) >= 11 is 0. The first-order valence-corrected chi connectivity index (χ1v) is 11.5. The summed E-state index contributed by atoms with van der Waals surface area (Å²) in [6.45, 7) is 8.44. The zero-order valence-electron chi connectivity index (χ0n) is 19.6. The number of nitrogens with zero attached hydrogens (tertiary/aromatic N) is 4. The smallest absolute Gasteiger partial charge is 0.255 e. The fourth-order valence-electron chi connectivity index (χ4n) is 4.18. The van der Waals surface area contributed by atoms with E-state index in [9.17, 15) is 18.4 Å². The van der Waals surface area contributed by atoms with Crippen molar-refractivity contribution < 1.29 is 18.4 Å². The third-order valence-electron chi connectivity index (χ3n) is 6.00. The maximum absolute atomic E-state index is 14.3. The second-order valence-electron chi connectivity index (χ2n) is 8.60. The zero-order valence-corrected chi connectivity index (χ0v) is 19.6. The highest BCUT2D eigenvalue weighted by atomic mass is 19.2. The Hall–Kier alpha value is -2.87. The van der Waals surface area contributed by atoms with Crippen LogP contribution in [0.2, 0.25) is 0 Å². The van der Waals surface area contributed by atoms with Gasteiger partial charge in [0.25, 0.3) is 5.91 Å². The van der Waals surface area contributed by atoms with E-state index in [0.717, 1.165) is 31.6 Å². The van der Waals surface area contributed by atoms with Crippen molar-refractivity contribution in [3.8, 4) is 0 Å². The Morgan fingerprint density at radius 3 is 2.39 bits per heavy atom. The summed E-state index contributed by atoms with van der Waals surface area (Å²) in [5.41, 5.74) is 1.16. The van der Waals surface area contributed by atoms with Crippen LogP contribution in [-0.4, -0.2) is 58.8 Å². The molecule has 33 heavy (non-hydrogen) atoms. The Balaban J connectivity index is 2.05. The maximum Gasteiger partial charge on any atom is 0.255 e. The highest BCUT2D eigenvalue weighted by Crippen LogP contribution is 2.28. The summed E-state index contributed by atoms with van der Waals surface area (Å²) < 4.78 is 28.6. The van der Waals surface area contributed by atoms with Crippen molar-refractivity contribution in [2.24, 2.45) is 0 Å². The number of hydrogen-bond donors (Lipinski definition) is 0. The molecule has 0 spiro atoms. The van der Waals surface area contributed by atoms with Crippen LogP contribution in [0.15, 0.2) is 36.7 Å². The molecule has 0 atom stereocenters. The molecule has 8 heteroatoms. The molecule has 0 saturated carbocycles. The SMILES string of the molecule is CCC(=O)N1CCCN(C(C)C)CCCN(C(=O)c2cccnc2)Cc2cc(F)c(F)cc21. The number of hydrogen-bond acceptors (Lipinski definition) is 4. The lowest BCUT2D eigenvalue weighted by molar-refractivity contribution is -0.118. The molecule has 0 saturated heterocycles. The van der Waals surface area contributed by atoms with Gasteiger partial charge in [-0.3, -0.25) is 14.6 Å². The van der Waals surface area contributed by atoms with Gasteiger partial charge in [0.15, 0.2) is 11.6 Å². The fraction of sp³-hybridized carbons (Fsp3) is 0.480. The van der Waals surface area contributed by atoms with Crippen LogP contribution in [0.5, 0.6) is 0 Å². The van der Waals surface area contributed by atoms with Crippen molar-refractivity contribution >= 4 is 17.5 Å². The Bertz CT molecular complexity index is 968. The van der Waals surface area contributed by atoms with Gasteiger partial charge in [0.2, 0.25) is 5.91 Å². The Morgan fingerprint density at radius 1 is 1.06 bits per heavy atom. The number of anilines is 1. The molecule has 1 aromatic carbocycles. The number of pyridine rings is 1. The molecule has 1 aliphatic rings. The first kappa shape index (κ1) is 24.8. The minimum atomic E-state index is -1.01. The highest BCUT2D eigenvalue weighted by molar-refractivity contribution is 5.95. The predicted octanol–water partition coefficient (Wildman–Crippen LogP) is 4.25. The summed E-state index contributed by atoms with van der Waals surface area (Å²) in [4.78, 5) is 35.6. The Morgan fingerprint density at radius 2 is 1.76 bits per heavy atom. The van der Waals surface area contributed by atoms with Crippen LogP contribution in [-0.2, 0) is 11.3 Å². The number of amides is 2. The van der Waals surface area contributed by atoms with Crippen molar-refractivity contribution in [3.05, 3.63) is 59.4 Å². The predicted molar refractivity (Wildman–Crippen MR) is 124 cm³/mol. The molecular weight excluding hydrogens is 426 g/mol. The van der Waals surface area contributed by atoms with Gasteiger partial charge in [-0.05, 0) is 50.5 Å². The van der Waals surface area contributed by atoms with Crippen LogP contribution in [0.25, 0.3) is 0 Å². The standard InChI is InChI=1S/C25H32F2N4O2/c1-4-24(32)31-13-7-11-29(18(2)3)10-6-12-30(25(33)19-8-5-9-28-16-19)17-20-14-21(26)22(27)15-23(20)31/h5,8-9,14-16,18H,4,6-7,10-13,17H2,1-3H3. The summed E-state index contributed by atoms with van der Waals surface area (Å²) in [6, 6.07) is 5.87. The largest absolute Gasteiger partial charge is 0.334 e. The van der Waals surface area contributed by atoms with E-state index in [1.807, 2.05) is 0 Å². The number of fused-ring (bicyclic) bond motifs is 1. The summed E-state index contributed by atoms with van der Waals surface area (Å²) in [6.07, 6.45) is 4.78. The van der Waals surface area contributed by atoms with Crippen LogP contribution in [0, 0.1) is 11.6 Å². The zero-order chi connectivity index (χ0) is 24.0. The average Bonchev–Trinajstić information content (AvgIpc) is 2.80. The van der Waals surface area contributed by atoms with Crippen molar-refractivity contribution in [1.82, 2.24) is 14.8 Å². The Labute approximate surface area is 194 Å². The number of aromatic nitrogens is 1.